The lowest BCUT2D eigenvalue weighted by molar-refractivity contribution is 0.324. The number of ether oxygens (including phenoxy) is 3. The molecule has 0 aliphatic carbocycles. The molecule has 0 atom stereocenters. The summed E-state index contributed by atoms with van der Waals surface area (Å²) in [5, 5.41) is 4.93. The van der Waals surface area contributed by atoms with Crippen LogP contribution < -0.4 is 19.5 Å². The van der Waals surface area contributed by atoms with Gasteiger partial charge >= 0.3 is 0 Å². The third kappa shape index (κ3) is 3.42. The summed E-state index contributed by atoms with van der Waals surface area (Å²) in [6.45, 7) is 0.500. The standard InChI is InChI=1S/C19H19FN2O3/c1-23-16-8-12(9-17(24-2)18(16)25-3)11-22-19-15-5-4-14(20)10-13(15)6-7-21-19/h4-10H,11H2,1-3H3,(H,21,22). The average Bonchev–Trinajstić information content (AvgIpc) is 2.64. The third-order valence-corrected chi connectivity index (χ3v) is 3.91. The van der Waals surface area contributed by atoms with Crippen molar-refractivity contribution in [3.63, 3.8) is 0 Å². The van der Waals surface area contributed by atoms with Crippen molar-refractivity contribution in [2.75, 3.05) is 26.6 Å². The van der Waals surface area contributed by atoms with Gasteiger partial charge in [0.15, 0.2) is 11.5 Å². The molecule has 130 valence electrons. The summed E-state index contributed by atoms with van der Waals surface area (Å²) in [6.07, 6.45) is 1.65. The lowest BCUT2D eigenvalue weighted by Gasteiger charge is -2.15. The van der Waals surface area contributed by atoms with E-state index in [1.165, 1.54) is 12.1 Å². The zero-order chi connectivity index (χ0) is 17.8. The maximum Gasteiger partial charge on any atom is 0.203 e. The van der Waals surface area contributed by atoms with Gasteiger partial charge in [-0.2, -0.15) is 0 Å². The van der Waals surface area contributed by atoms with Gasteiger partial charge in [0.05, 0.1) is 21.3 Å². The Kier molecular flexibility index (Phi) is 4.88. The SMILES string of the molecule is COc1cc(CNc2nccc3cc(F)ccc23)cc(OC)c1OC. The fraction of sp³-hybridized carbons (Fsp3) is 0.211. The molecule has 5 nitrogen and oxygen atoms in total. The summed E-state index contributed by atoms with van der Waals surface area (Å²) in [4.78, 5) is 4.35. The van der Waals surface area contributed by atoms with Gasteiger partial charge in [-0.15, -0.1) is 0 Å². The zero-order valence-corrected chi connectivity index (χ0v) is 14.3. The molecule has 2 aromatic carbocycles. The second-order valence-electron chi connectivity index (χ2n) is 5.41. The maximum atomic E-state index is 13.4. The van der Waals surface area contributed by atoms with Crippen molar-refractivity contribution in [1.82, 2.24) is 4.98 Å². The lowest BCUT2D eigenvalue weighted by Crippen LogP contribution is -2.04. The highest BCUT2D eigenvalue weighted by Crippen LogP contribution is 2.38. The molecule has 25 heavy (non-hydrogen) atoms. The van der Waals surface area contributed by atoms with Crippen LogP contribution in [0.5, 0.6) is 17.2 Å². The molecular weight excluding hydrogens is 323 g/mol. The van der Waals surface area contributed by atoms with E-state index in [-0.39, 0.29) is 5.82 Å². The summed E-state index contributed by atoms with van der Waals surface area (Å²) in [6, 6.07) is 10.2. The molecule has 3 aromatic rings. The van der Waals surface area contributed by atoms with Crippen molar-refractivity contribution in [3.05, 3.63) is 54.0 Å². The number of fused-ring (bicyclic) bond motifs is 1. The van der Waals surface area contributed by atoms with Gasteiger partial charge < -0.3 is 19.5 Å². The molecule has 3 rings (SSSR count). The molecule has 1 heterocycles. The van der Waals surface area contributed by atoms with E-state index in [2.05, 4.69) is 10.3 Å². The first-order chi connectivity index (χ1) is 12.2. The smallest absolute Gasteiger partial charge is 0.203 e. The van der Waals surface area contributed by atoms with Crippen LogP contribution in [-0.2, 0) is 6.54 Å². The summed E-state index contributed by atoms with van der Waals surface area (Å²) < 4.78 is 29.4. The minimum Gasteiger partial charge on any atom is -0.493 e. The van der Waals surface area contributed by atoms with Crippen molar-refractivity contribution in [2.24, 2.45) is 0 Å². The molecule has 0 saturated carbocycles. The van der Waals surface area contributed by atoms with Crippen molar-refractivity contribution in [3.8, 4) is 17.2 Å². The zero-order valence-electron chi connectivity index (χ0n) is 14.3. The van der Waals surface area contributed by atoms with Crippen LogP contribution in [0.15, 0.2) is 42.6 Å². The van der Waals surface area contributed by atoms with E-state index < -0.39 is 0 Å². The highest BCUT2D eigenvalue weighted by atomic mass is 19.1. The topological polar surface area (TPSA) is 52.6 Å². The average molecular weight is 342 g/mol. The van der Waals surface area contributed by atoms with Crippen molar-refractivity contribution >= 4 is 16.6 Å². The molecule has 0 aliphatic heterocycles. The quantitative estimate of drug-likeness (QED) is 0.733. The normalized spacial score (nSPS) is 10.6. The minimum absolute atomic E-state index is 0.269. The van der Waals surface area contributed by atoms with E-state index in [1.54, 1.807) is 39.7 Å². The molecule has 0 radical (unpaired) electrons. The number of hydrogen-bond donors (Lipinski definition) is 1. The Morgan fingerprint density at radius 3 is 2.32 bits per heavy atom. The van der Waals surface area contributed by atoms with E-state index in [4.69, 9.17) is 14.2 Å². The molecular formula is C19H19FN2O3. The second kappa shape index (κ2) is 7.25. The predicted molar refractivity (Wildman–Crippen MR) is 95.1 cm³/mol. The number of methoxy groups -OCH3 is 3. The lowest BCUT2D eigenvalue weighted by atomic mass is 10.1. The number of benzene rings is 2. The molecule has 0 unspecified atom stereocenters. The Morgan fingerprint density at radius 1 is 0.960 bits per heavy atom. The van der Waals surface area contributed by atoms with Gasteiger partial charge in [-0.3, -0.25) is 0 Å². The minimum atomic E-state index is -0.269. The molecule has 1 aromatic heterocycles. The number of rotatable bonds is 6. The largest absolute Gasteiger partial charge is 0.493 e. The second-order valence-corrected chi connectivity index (χ2v) is 5.41. The number of anilines is 1. The summed E-state index contributed by atoms with van der Waals surface area (Å²) >= 11 is 0. The fourth-order valence-electron chi connectivity index (χ4n) is 2.71. The van der Waals surface area contributed by atoms with Crippen LogP contribution in [0.1, 0.15) is 5.56 Å². The third-order valence-electron chi connectivity index (χ3n) is 3.91. The highest BCUT2D eigenvalue weighted by molar-refractivity contribution is 5.91. The maximum absolute atomic E-state index is 13.4. The van der Waals surface area contributed by atoms with Gasteiger partial charge in [0, 0.05) is 18.1 Å². The van der Waals surface area contributed by atoms with E-state index in [9.17, 15) is 4.39 Å². The van der Waals surface area contributed by atoms with Gasteiger partial charge in [-0.05, 0) is 47.3 Å². The fourth-order valence-corrected chi connectivity index (χ4v) is 2.71. The van der Waals surface area contributed by atoms with Crippen LogP contribution in [0.25, 0.3) is 10.8 Å². The summed E-state index contributed by atoms with van der Waals surface area (Å²) in [7, 11) is 4.72. The van der Waals surface area contributed by atoms with E-state index in [0.29, 0.717) is 29.6 Å². The van der Waals surface area contributed by atoms with Gasteiger partial charge in [0.1, 0.15) is 11.6 Å². The van der Waals surface area contributed by atoms with Gasteiger partial charge in [-0.1, -0.05) is 0 Å². The van der Waals surface area contributed by atoms with Crippen molar-refractivity contribution in [2.45, 2.75) is 6.54 Å². The molecule has 0 bridgehead atoms. The monoisotopic (exact) mass is 342 g/mol. The van der Waals surface area contributed by atoms with Crippen LogP contribution in [0.4, 0.5) is 10.2 Å². The molecule has 1 N–H and O–H groups in total. The van der Waals surface area contributed by atoms with Crippen molar-refractivity contribution in [1.29, 1.82) is 0 Å². The van der Waals surface area contributed by atoms with Crippen LogP contribution in [0.3, 0.4) is 0 Å². The van der Waals surface area contributed by atoms with Crippen LogP contribution in [0.2, 0.25) is 0 Å². The van der Waals surface area contributed by atoms with Gasteiger partial charge in [-0.25, -0.2) is 9.37 Å². The number of halogens is 1. The predicted octanol–water partition coefficient (Wildman–Crippen LogP) is 4.01. The number of pyridine rings is 1. The van der Waals surface area contributed by atoms with Gasteiger partial charge in [0.2, 0.25) is 5.75 Å². The Labute approximate surface area is 145 Å². The number of aromatic nitrogens is 1. The van der Waals surface area contributed by atoms with Crippen LogP contribution >= 0.6 is 0 Å². The Bertz CT molecular complexity index is 874. The van der Waals surface area contributed by atoms with Crippen molar-refractivity contribution < 1.29 is 18.6 Å². The first-order valence-corrected chi connectivity index (χ1v) is 7.73. The number of nitrogens with zero attached hydrogens (tertiary/aromatic N) is 1. The Balaban J connectivity index is 1.89. The molecule has 0 aliphatic rings. The summed E-state index contributed by atoms with van der Waals surface area (Å²) in [5.41, 5.74) is 0.940. The number of hydrogen-bond acceptors (Lipinski definition) is 5. The van der Waals surface area contributed by atoms with E-state index in [0.717, 1.165) is 16.3 Å². The molecule has 0 saturated heterocycles. The van der Waals surface area contributed by atoms with E-state index in [1.807, 2.05) is 12.1 Å². The molecule has 6 heteroatoms. The molecule has 0 amide bonds. The molecule has 0 spiro atoms. The Hall–Kier alpha value is -3.02. The van der Waals surface area contributed by atoms with Gasteiger partial charge in [0.25, 0.3) is 0 Å². The van der Waals surface area contributed by atoms with Crippen LogP contribution in [-0.4, -0.2) is 26.3 Å². The van der Waals surface area contributed by atoms with E-state index >= 15 is 0 Å². The summed E-state index contributed by atoms with van der Waals surface area (Å²) in [5.74, 6) is 2.14. The first-order valence-electron chi connectivity index (χ1n) is 7.73. The molecule has 0 fully saturated rings. The Morgan fingerprint density at radius 2 is 1.68 bits per heavy atom. The van der Waals surface area contributed by atoms with Crippen LogP contribution in [0, 0.1) is 5.82 Å². The highest BCUT2D eigenvalue weighted by Gasteiger charge is 2.13. The number of nitrogens with one attached hydrogen (secondary N) is 1. The first kappa shape index (κ1) is 16.8.